The molecule has 0 amide bonds. The number of esters is 2. The number of anilines is 1. The van der Waals surface area contributed by atoms with Crippen LogP contribution in [-0.2, 0) is 19.1 Å². The van der Waals surface area contributed by atoms with Crippen LogP contribution in [0.25, 0.3) is 0 Å². The lowest BCUT2D eigenvalue weighted by atomic mass is 9.87. The van der Waals surface area contributed by atoms with Gasteiger partial charge >= 0.3 is 11.9 Å². The molecule has 9 nitrogen and oxygen atoms in total. The zero-order valence-electron chi connectivity index (χ0n) is 19.8. The van der Waals surface area contributed by atoms with E-state index in [0.717, 1.165) is 50.4 Å². The SMILES string of the molecule is CCOC(=O)C[C@@H]1CN(CC(=O)OCC)CC[C@@H]1N1CCN(c2ccc(C(=N)N)cc2)CC1. The molecule has 0 spiro atoms. The van der Waals surface area contributed by atoms with E-state index < -0.39 is 0 Å². The molecule has 9 heteroatoms. The second kappa shape index (κ2) is 12.0. The Hall–Kier alpha value is -2.65. The van der Waals surface area contributed by atoms with E-state index in [1.54, 1.807) is 0 Å². The van der Waals surface area contributed by atoms with Crippen molar-refractivity contribution in [3.8, 4) is 0 Å². The number of benzene rings is 1. The van der Waals surface area contributed by atoms with Gasteiger partial charge in [-0.1, -0.05) is 0 Å². The fourth-order valence-corrected chi connectivity index (χ4v) is 4.91. The molecule has 0 unspecified atom stereocenters. The fourth-order valence-electron chi connectivity index (χ4n) is 4.91. The summed E-state index contributed by atoms with van der Waals surface area (Å²) in [5.74, 6) is -0.188. The third kappa shape index (κ3) is 6.91. The predicted octanol–water partition coefficient (Wildman–Crippen LogP) is 1.30. The zero-order valence-corrected chi connectivity index (χ0v) is 19.8. The Bertz CT molecular complexity index is 808. The summed E-state index contributed by atoms with van der Waals surface area (Å²) in [6, 6.07) is 8.10. The van der Waals surface area contributed by atoms with Gasteiger partial charge in [-0.05, 0) is 50.5 Å². The van der Waals surface area contributed by atoms with E-state index in [1.807, 2.05) is 38.1 Å². The van der Waals surface area contributed by atoms with E-state index in [-0.39, 0.29) is 36.3 Å². The molecule has 0 radical (unpaired) electrons. The number of nitrogen functional groups attached to an aromatic ring is 1. The van der Waals surface area contributed by atoms with Crippen molar-refractivity contribution in [3.63, 3.8) is 0 Å². The maximum atomic E-state index is 12.3. The Morgan fingerprint density at radius 2 is 1.64 bits per heavy atom. The Labute approximate surface area is 196 Å². The smallest absolute Gasteiger partial charge is 0.320 e. The Kier molecular flexibility index (Phi) is 9.08. The number of carbonyl (C=O) groups excluding carboxylic acids is 2. The molecule has 0 saturated carbocycles. The molecule has 2 saturated heterocycles. The maximum Gasteiger partial charge on any atom is 0.320 e. The molecule has 2 fully saturated rings. The maximum absolute atomic E-state index is 12.3. The number of likely N-dealkylation sites (tertiary alicyclic amines) is 1. The summed E-state index contributed by atoms with van der Waals surface area (Å²) in [7, 11) is 0. The number of carbonyl (C=O) groups is 2. The largest absolute Gasteiger partial charge is 0.466 e. The first-order valence-corrected chi connectivity index (χ1v) is 11.9. The molecule has 182 valence electrons. The van der Waals surface area contributed by atoms with Crippen LogP contribution in [0.2, 0.25) is 0 Å². The number of hydrogen-bond acceptors (Lipinski definition) is 8. The van der Waals surface area contributed by atoms with E-state index in [0.29, 0.717) is 26.2 Å². The van der Waals surface area contributed by atoms with Crippen LogP contribution < -0.4 is 10.6 Å². The van der Waals surface area contributed by atoms with Crippen molar-refractivity contribution in [2.45, 2.75) is 32.7 Å². The summed E-state index contributed by atoms with van der Waals surface area (Å²) < 4.78 is 10.3. The number of nitrogens with one attached hydrogen (secondary N) is 1. The highest BCUT2D eigenvalue weighted by Gasteiger charge is 2.36. The highest BCUT2D eigenvalue weighted by Crippen LogP contribution is 2.28. The number of amidine groups is 1. The lowest BCUT2D eigenvalue weighted by Gasteiger charge is -2.46. The van der Waals surface area contributed by atoms with Crippen molar-refractivity contribution in [1.82, 2.24) is 9.80 Å². The minimum atomic E-state index is -0.213. The van der Waals surface area contributed by atoms with Gasteiger partial charge in [-0.3, -0.25) is 24.8 Å². The first kappa shape index (κ1) is 25.0. The molecule has 0 aliphatic carbocycles. The predicted molar refractivity (Wildman–Crippen MR) is 127 cm³/mol. The van der Waals surface area contributed by atoms with Crippen LogP contribution >= 0.6 is 0 Å². The van der Waals surface area contributed by atoms with Gasteiger partial charge in [0.15, 0.2) is 0 Å². The number of hydrogen-bond donors (Lipinski definition) is 2. The number of rotatable bonds is 9. The monoisotopic (exact) mass is 459 g/mol. The van der Waals surface area contributed by atoms with Gasteiger partial charge < -0.3 is 20.1 Å². The van der Waals surface area contributed by atoms with Gasteiger partial charge in [-0.15, -0.1) is 0 Å². The van der Waals surface area contributed by atoms with Crippen molar-refractivity contribution in [2.75, 3.05) is 63.9 Å². The van der Waals surface area contributed by atoms with Crippen LogP contribution in [0.3, 0.4) is 0 Å². The van der Waals surface area contributed by atoms with Crippen molar-refractivity contribution >= 4 is 23.5 Å². The molecule has 2 atom stereocenters. The lowest BCUT2D eigenvalue weighted by molar-refractivity contribution is -0.146. The molecule has 3 rings (SSSR count). The molecule has 0 aromatic heterocycles. The summed E-state index contributed by atoms with van der Waals surface area (Å²) in [5, 5.41) is 7.55. The second-order valence-electron chi connectivity index (χ2n) is 8.65. The number of ether oxygens (including phenoxy) is 2. The first-order chi connectivity index (χ1) is 15.9. The third-order valence-electron chi connectivity index (χ3n) is 6.50. The van der Waals surface area contributed by atoms with Crippen LogP contribution in [0, 0.1) is 11.3 Å². The summed E-state index contributed by atoms with van der Waals surface area (Å²) in [6.45, 7) is 9.79. The average molecular weight is 460 g/mol. The summed E-state index contributed by atoms with van der Waals surface area (Å²) in [6.07, 6.45) is 1.28. The van der Waals surface area contributed by atoms with Gasteiger partial charge in [0.2, 0.25) is 0 Å². The Morgan fingerprint density at radius 1 is 1.00 bits per heavy atom. The second-order valence-corrected chi connectivity index (χ2v) is 8.65. The molecule has 2 aliphatic heterocycles. The third-order valence-corrected chi connectivity index (χ3v) is 6.50. The number of piperidine rings is 1. The van der Waals surface area contributed by atoms with Gasteiger partial charge in [0.05, 0.1) is 26.2 Å². The van der Waals surface area contributed by atoms with E-state index in [2.05, 4.69) is 14.7 Å². The van der Waals surface area contributed by atoms with Gasteiger partial charge in [-0.25, -0.2) is 0 Å². The van der Waals surface area contributed by atoms with Crippen molar-refractivity contribution < 1.29 is 19.1 Å². The number of nitrogens with two attached hydrogens (primary N) is 1. The van der Waals surface area contributed by atoms with Crippen molar-refractivity contribution in [2.24, 2.45) is 11.7 Å². The first-order valence-electron chi connectivity index (χ1n) is 11.9. The summed E-state index contributed by atoms with van der Waals surface area (Å²) in [5.41, 5.74) is 7.42. The normalized spacial score (nSPS) is 22.1. The Balaban J connectivity index is 1.60. The molecule has 1 aromatic carbocycles. The highest BCUT2D eigenvalue weighted by atomic mass is 16.5. The summed E-state index contributed by atoms with van der Waals surface area (Å²) >= 11 is 0. The standard InChI is InChI=1S/C24H37N5O4/c1-3-32-22(30)15-19-16-27(17-23(31)33-4-2)10-9-21(19)29-13-11-28(12-14-29)20-7-5-18(6-8-20)24(25)26/h5-8,19,21H,3-4,9-17H2,1-2H3,(H3,25,26)/t19-,21+/m1/s1. The van der Waals surface area contributed by atoms with Gasteiger partial charge in [0, 0.05) is 56.6 Å². The van der Waals surface area contributed by atoms with Crippen LogP contribution in [-0.4, -0.2) is 92.6 Å². The van der Waals surface area contributed by atoms with Gasteiger partial charge in [-0.2, -0.15) is 0 Å². The molecule has 2 heterocycles. The highest BCUT2D eigenvalue weighted by molar-refractivity contribution is 5.95. The quantitative estimate of drug-likeness (QED) is 0.323. The minimum absolute atomic E-state index is 0.0771. The minimum Gasteiger partial charge on any atom is -0.466 e. The molecule has 1 aromatic rings. The van der Waals surface area contributed by atoms with E-state index in [9.17, 15) is 9.59 Å². The van der Waals surface area contributed by atoms with Crippen LogP contribution in [0.1, 0.15) is 32.3 Å². The average Bonchev–Trinajstić information content (AvgIpc) is 2.80. The van der Waals surface area contributed by atoms with E-state index >= 15 is 0 Å². The fraction of sp³-hybridized carbons (Fsp3) is 0.625. The van der Waals surface area contributed by atoms with E-state index in [4.69, 9.17) is 20.6 Å². The molecule has 3 N–H and O–H groups in total. The molecular weight excluding hydrogens is 422 g/mol. The molecular formula is C24H37N5O4. The van der Waals surface area contributed by atoms with Crippen molar-refractivity contribution in [3.05, 3.63) is 29.8 Å². The van der Waals surface area contributed by atoms with Gasteiger partial charge in [0.25, 0.3) is 0 Å². The molecule has 2 aliphatic rings. The van der Waals surface area contributed by atoms with Crippen LogP contribution in [0.15, 0.2) is 24.3 Å². The zero-order chi connectivity index (χ0) is 23.8. The van der Waals surface area contributed by atoms with Crippen LogP contribution in [0.5, 0.6) is 0 Å². The molecule has 0 bridgehead atoms. The number of piperazine rings is 1. The van der Waals surface area contributed by atoms with E-state index in [1.165, 1.54) is 0 Å². The topological polar surface area (TPSA) is 112 Å². The van der Waals surface area contributed by atoms with Crippen LogP contribution in [0.4, 0.5) is 5.69 Å². The van der Waals surface area contributed by atoms with Gasteiger partial charge in [0.1, 0.15) is 5.84 Å². The van der Waals surface area contributed by atoms with Crippen molar-refractivity contribution in [1.29, 1.82) is 5.41 Å². The lowest BCUT2D eigenvalue weighted by Crippen LogP contribution is -2.57. The molecule has 33 heavy (non-hydrogen) atoms. The Morgan fingerprint density at radius 3 is 2.24 bits per heavy atom. The summed E-state index contributed by atoms with van der Waals surface area (Å²) in [4.78, 5) is 31.2. The number of nitrogens with zero attached hydrogens (tertiary/aromatic N) is 3.